The molecule has 4 heteroatoms. The summed E-state index contributed by atoms with van der Waals surface area (Å²) >= 11 is 0. The summed E-state index contributed by atoms with van der Waals surface area (Å²) in [6, 6.07) is 2.78. The van der Waals surface area contributed by atoms with E-state index in [1.807, 2.05) is 0 Å². The van der Waals surface area contributed by atoms with Crippen molar-refractivity contribution in [2.75, 3.05) is 6.54 Å². The van der Waals surface area contributed by atoms with E-state index in [4.69, 9.17) is 0 Å². The molecule has 2 atom stereocenters. The number of benzene rings is 1. The van der Waals surface area contributed by atoms with E-state index in [0.717, 1.165) is 19.4 Å². The highest BCUT2D eigenvalue weighted by atomic mass is 19.2. The SMILES string of the molecule is Cc1ccc(C(O)C2CCCN2)c(F)c1F. The summed E-state index contributed by atoms with van der Waals surface area (Å²) in [6.45, 7) is 2.32. The van der Waals surface area contributed by atoms with Crippen LogP contribution in [-0.4, -0.2) is 17.7 Å². The van der Waals surface area contributed by atoms with Crippen LogP contribution in [0.4, 0.5) is 8.78 Å². The third-order valence-corrected chi connectivity index (χ3v) is 3.10. The number of halogens is 2. The molecule has 2 N–H and O–H groups in total. The van der Waals surface area contributed by atoms with Gasteiger partial charge in [-0.2, -0.15) is 0 Å². The Kier molecular flexibility index (Phi) is 3.21. The van der Waals surface area contributed by atoms with Crippen molar-refractivity contribution in [1.29, 1.82) is 0 Å². The second-order valence-electron chi connectivity index (χ2n) is 4.25. The van der Waals surface area contributed by atoms with E-state index < -0.39 is 17.7 Å². The molecule has 2 rings (SSSR count). The number of aliphatic hydroxyl groups is 1. The van der Waals surface area contributed by atoms with Gasteiger partial charge in [0, 0.05) is 11.6 Å². The summed E-state index contributed by atoms with van der Waals surface area (Å²) < 4.78 is 26.9. The molecule has 0 aromatic heterocycles. The fourth-order valence-corrected chi connectivity index (χ4v) is 2.09. The number of rotatable bonds is 2. The van der Waals surface area contributed by atoms with Crippen LogP contribution < -0.4 is 5.32 Å². The zero-order valence-corrected chi connectivity index (χ0v) is 9.13. The molecule has 1 saturated heterocycles. The van der Waals surface area contributed by atoms with Crippen molar-refractivity contribution in [3.05, 3.63) is 34.9 Å². The average molecular weight is 227 g/mol. The molecule has 2 unspecified atom stereocenters. The molecule has 0 spiro atoms. The fourth-order valence-electron chi connectivity index (χ4n) is 2.09. The summed E-state index contributed by atoms with van der Waals surface area (Å²) in [5.41, 5.74) is 0.301. The molecule has 1 heterocycles. The Balaban J connectivity index is 2.29. The molecule has 88 valence electrons. The Hall–Kier alpha value is -1.00. The van der Waals surface area contributed by atoms with Gasteiger partial charge in [0.1, 0.15) is 0 Å². The Morgan fingerprint density at radius 1 is 1.38 bits per heavy atom. The van der Waals surface area contributed by atoms with Crippen LogP contribution in [0.15, 0.2) is 12.1 Å². The third kappa shape index (κ3) is 1.95. The second kappa shape index (κ2) is 4.47. The van der Waals surface area contributed by atoms with Crippen molar-refractivity contribution in [3.63, 3.8) is 0 Å². The first-order valence-electron chi connectivity index (χ1n) is 5.47. The zero-order valence-electron chi connectivity index (χ0n) is 9.13. The van der Waals surface area contributed by atoms with Gasteiger partial charge in [-0.25, -0.2) is 8.78 Å². The molecule has 1 aromatic carbocycles. The average Bonchev–Trinajstić information content (AvgIpc) is 2.79. The maximum absolute atomic E-state index is 13.6. The van der Waals surface area contributed by atoms with Crippen molar-refractivity contribution in [2.45, 2.75) is 31.9 Å². The van der Waals surface area contributed by atoms with Gasteiger partial charge in [-0.1, -0.05) is 12.1 Å². The zero-order chi connectivity index (χ0) is 11.7. The molecule has 1 fully saturated rings. The molecule has 2 nitrogen and oxygen atoms in total. The van der Waals surface area contributed by atoms with Gasteiger partial charge in [0.15, 0.2) is 11.6 Å². The molecule has 0 bridgehead atoms. The lowest BCUT2D eigenvalue weighted by Crippen LogP contribution is -2.29. The van der Waals surface area contributed by atoms with Crippen LogP contribution in [0.1, 0.15) is 30.1 Å². The molecule has 0 saturated carbocycles. The highest BCUT2D eigenvalue weighted by Gasteiger charge is 2.27. The number of nitrogens with one attached hydrogen (secondary N) is 1. The predicted molar refractivity (Wildman–Crippen MR) is 57.1 cm³/mol. The van der Waals surface area contributed by atoms with Crippen LogP contribution in [0.3, 0.4) is 0 Å². The minimum Gasteiger partial charge on any atom is -0.387 e. The maximum atomic E-state index is 13.6. The van der Waals surface area contributed by atoms with E-state index in [9.17, 15) is 13.9 Å². The van der Waals surface area contributed by atoms with Gasteiger partial charge in [0.25, 0.3) is 0 Å². The summed E-state index contributed by atoms with van der Waals surface area (Å²) in [7, 11) is 0. The largest absolute Gasteiger partial charge is 0.387 e. The molecule has 1 aromatic rings. The Labute approximate surface area is 93.3 Å². The van der Waals surface area contributed by atoms with Gasteiger partial charge in [-0.15, -0.1) is 0 Å². The van der Waals surface area contributed by atoms with Crippen molar-refractivity contribution in [3.8, 4) is 0 Å². The minimum atomic E-state index is -0.974. The number of hydrogen-bond acceptors (Lipinski definition) is 2. The lowest BCUT2D eigenvalue weighted by Gasteiger charge is -2.19. The fraction of sp³-hybridized carbons (Fsp3) is 0.500. The molecule has 0 radical (unpaired) electrons. The second-order valence-corrected chi connectivity index (χ2v) is 4.25. The van der Waals surface area contributed by atoms with Crippen molar-refractivity contribution < 1.29 is 13.9 Å². The third-order valence-electron chi connectivity index (χ3n) is 3.10. The summed E-state index contributed by atoms with van der Waals surface area (Å²) in [4.78, 5) is 0. The molecule has 1 aliphatic rings. The highest BCUT2D eigenvalue weighted by molar-refractivity contribution is 5.28. The van der Waals surface area contributed by atoms with E-state index in [1.54, 1.807) is 0 Å². The quantitative estimate of drug-likeness (QED) is 0.810. The van der Waals surface area contributed by atoms with Gasteiger partial charge >= 0.3 is 0 Å². The van der Waals surface area contributed by atoms with Gasteiger partial charge in [0.2, 0.25) is 0 Å². The van der Waals surface area contributed by atoms with Crippen LogP contribution in [-0.2, 0) is 0 Å². The van der Waals surface area contributed by atoms with E-state index in [1.165, 1.54) is 19.1 Å². The molecular formula is C12H15F2NO. The number of aryl methyl sites for hydroxylation is 1. The standard InChI is InChI=1S/C12H15F2NO/c1-7-4-5-8(11(14)10(7)13)12(16)9-3-2-6-15-9/h4-5,9,12,15-16H,2-3,6H2,1H3. The van der Waals surface area contributed by atoms with Crippen molar-refractivity contribution in [2.24, 2.45) is 0 Å². The molecular weight excluding hydrogens is 212 g/mol. The molecule has 0 amide bonds. The van der Waals surface area contributed by atoms with Gasteiger partial charge < -0.3 is 10.4 Å². The van der Waals surface area contributed by atoms with Gasteiger partial charge in [0.05, 0.1) is 6.10 Å². The summed E-state index contributed by atoms with van der Waals surface area (Å²) in [5.74, 6) is -1.80. The number of aliphatic hydroxyl groups excluding tert-OH is 1. The topological polar surface area (TPSA) is 32.3 Å². The molecule has 1 aliphatic heterocycles. The number of hydrogen-bond donors (Lipinski definition) is 2. The van der Waals surface area contributed by atoms with Crippen LogP contribution >= 0.6 is 0 Å². The summed E-state index contributed by atoms with van der Waals surface area (Å²) in [5, 5.41) is 13.0. The van der Waals surface area contributed by atoms with Crippen molar-refractivity contribution in [1.82, 2.24) is 5.32 Å². The van der Waals surface area contributed by atoms with E-state index >= 15 is 0 Å². The first-order chi connectivity index (χ1) is 7.61. The smallest absolute Gasteiger partial charge is 0.164 e. The first-order valence-corrected chi connectivity index (χ1v) is 5.47. The van der Waals surface area contributed by atoms with Crippen LogP contribution in [0.2, 0.25) is 0 Å². The van der Waals surface area contributed by atoms with E-state index in [2.05, 4.69) is 5.32 Å². The lowest BCUT2D eigenvalue weighted by molar-refractivity contribution is 0.132. The Bertz CT molecular complexity index is 389. The highest BCUT2D eigenvalue weighted by Crippen LogP contribution is 2.27. The van der Waals surface area contributed by atoms with Crippen LogP contribution in [0, 0.1) is 18.6 Å². The predicted octanol–water partition coefficient (Wildman–Crippen LogP) is 2.06. The summed E-state index contributed by atoms with van der Waals surface area (Å²) in [6.07, 6.45) is 0.769. The van der Waals surface area contributed by atoms with Crippen LogP contribution in [0.5, 0.6) is 0 Å². The Morgan fingerprint density at radius 3 is 2.75 bits per heavy atom. The van der Waals surface area contributed by atoms with Gasteiger partial charge in [-0.3, -0.25) is 0 Å². The maximum Gasteiger partial charge on any atom is 0.164 e. The monoisotopic (exact) mass is 227 g/mol. The molecule has 16 heavy (non-hydrogen) atoms. The van der Waals surface area contributed by atoms with Gasteiger partial charge in [-0.05, 0) is 31.9 Å². The molecule has 0 aliphatic carbocycles. The van der Waals surface area contributed by atoms with Crippen molar-refractivity contribution >= 4 is 0 Å². The lowest BCUT2D eigenvalue weighted by atomic mass is 9.99. The minimum absolute atomic E-state index is 0.0440. The van der Waals surface area contributed by atoms with Crippen LogP contribution in [0.25, 0.3) is 0 Å². The Morgan fingerprint density at radius 2 is 2.12 bits per heavy atom. The van der Waals surface area contributed by atoms with E-state index in [-0.39, 0.29) is 17.2 Å². The first kappa shape index (κ1) is 11.5. The van der Waals surface area contributed by atoms with E-state index in [0.29, 0.717) is 0 Å². The normalized spacial score (nSPS) is 22.4.